The van der Waals surface area contributed by atoms with Crippen LogP contribution in [0.5, 0.6) is 5.75 Å². The van der Waals surface area contributed by atoms with E-state index < -0.39 is 0 Å². The van der Waals surface area contributed by atoms with Crippen molar-refractivity contribution in [2.24, 2.45) is 0 Å². The lowest BCUT2D eigenvalue weighted by molar-refractivity contribution is 0.405. The highest BCUT2D eigenvalue weighted by molar-refractivity contribution is 9.11. The van der Waals surface area contributed by atoms with Crippen LogP contribution in [0.3, 0.4) is 0 Å². The Labute approximate surface area is 120 Å². The molecule has 1 unspecified atom stereocenters. The first-order valence-corrected chi connectivity index (χ1v) is 7.34. The van der Waals surface area contributed by atoms with Gasteiger partial charge in [-0.25, -0.2) is 0 Å². The largest absolute Gasteiger partial charge is 0.496 e. The van der Waals surface area contributed by atoms with Crippen LogP contribution in [0.15, 0.2) is 34.1 Å². The van der Waals surface area contributed by atoms with Crippen LogP contribution in [-0.4, -0.2) is 14.2 Å². The molecule has 0 amide bonds. The molecule has 18 heavy (non-hydrogen) atoms. The van der Waals surface area contributed by atoms with E-state index in [4.69, 9.17) is 4.74 Å². The number of aryl methyl sites for hydroxylation is 1. The third-order valence-corrected chi connectivity index (χ3v) is 5.10. The Morgan fingerprint density at radius 1 is 1.33 bits per heavy atom. The zero-order valence-electron chi connectivity index (χ0n) is 10.7. The summed E-state index contributed by atoms with van der Waals surface area (Å²) in [5.74, 6) is 0.916. The molecule has 0 saturated carbocycles. The van der Waals surface area contributed by atoms with Gasteiger partial charge in [0.15, 0.2) is 0 Å². The van der Waals surface area contributed by atoms with E-state index in [2.05, 4.69) is 40.3 Å². The Balaban J connectivity index is 2.45. The molecule has 0 aliphatic heterocycles. The van der Waals surface area contributed by atoms with Crippen molar-refractivity contribution in [2.45, 2.75) is 13.0 Å². The molecule has 2 aromatic rings. The average molecular weight is 326 g/mol. The zero-order chi connectivity index (χ0) is 13.1. The Kier molecular flexibility index (Phi) is 4.43. The molecular weight excluding hydrogens is 310 g/mol. The maximum Gasteiger partial charge on any atom is 0.124 e. The van der Waals surface area contributed by atoms with Gasteiger partial charge in [0.05, 0.1) is 16.9 Å². The number of ether oxygens (including phenoxy) is 1. The number of nitrogens with one attached hydrogen (secondary N) is 1. The molecule has 1 heterocycles. The summed E-state index contributed by atoms with van der Waals surface area (Å²) in [5, 5.41) is 3.36. The van der Waals surface area contributed by atoms with Gasteiger partial charge in [0.2, 0.25) is 0 Å². The van der Waals surface area contributed by atoms with Gasteiger partial charge in [-0.05, 0) is 47.6 Å². The van der Waals surface area contributed by atoms with Crippen LogP contribution in [-0.2, 0) is 0 Å². The predicted molar refractivity (Wildman–Crippen MR) is 80.7 cm³/mol. The summed E-state index contributed by atoms with van der Waals surface area (Å²) in [5.41, 5.74) is 2.43. The molecule has 1 aromatic carbocycles. The standard InChI is InChI=1S/C14H16BrNOS/c1-9-8-12(18-14(9)15)13(16-2)10-6-4-5-7-11(10)17-3/h4-8,13,16H,1-3H3. The second kappa shape index (κ2) is 5.87. The summed E-state index contributed by atoms with van der Waals surface area (Å²) in [6, 6.07) is 10.5. The monoisotopic (exact) mass is 325 g/mol. The van der Waals surface area contributed by atoms with E-state index in [0.717, 1.165) is 11.3 Å². The van der Waals surface area contributed by atoms with Crippen molar-refractivity contribution in [3.63, 3.8) is 0 Å². The van der Waals surface area contributed by atoms with E-state index in [9.17, 15) is 0 Å². The Hall–Kier alpha value is -0.840. The molecular formula is C14H16BrNOS. The minimum Gasteiger partial charge on any atom is -0.496 e. The molecule has 0 aliphatic carbocycles. The van der Waals surface area contributed by atoms with Crippen molar-refractivity contribution in [3.8, 4) is 5.75 Å². The zero-order valence-corrected chi connectivity index (χ0v) is 13.1. The van der Waals surface area contributed by atoms with Crippen molar-refractivity contribution in [3.05, 3.63) is 50.1 Å². The summed E-state index contributed by atoms with van der Waals surface area (Å²) in [6.45, 7) is 2.11. The number of benzene rings is 1. The Morgan fingerprint density at radius 3 is 2.61 bits per heavy atom. The van der Waals surface area contributed by atoms with E-state index in [-0.39, 0.29) is 6.04 Å². The van der Waals surface area contributed by atoms with Crippen LogP contribution >= 0.6 is 27.3 Å². The number of thiophene rings is 1. The second-order valence-electron chi connectivity index (χ2n) is 4.07. The molecule has 0 aliphatic rings. The van der Waals surface area contributed by atoms with Gasteiger partial charge in [-0.1, -0.05) is 18.2 Å². The molecule has 4 heteroatoms. The molecule has 1 N–H and O–H groups in total. The quantitative estimate of drug-likeness (QED) is 0.912. The van der Waals surface area contributed by atoms with Gasteiger partial charge in [0, 0.05) is 10.4 Å². The van der Waals surface area contributed by atoms with E-state index >= 15 is 0 Å². The molecule has 1 aromatic heterocycles. The third-order valence-electron chi connectivity index (χ3n) is 2.90. The van der Waals surface area contributed by atoms with Gasteiger partial charge in [-0.2, -0.15) is 0 Å². The van der Waals surface area contributed by atoms with Crippen molar-refractivity contribution < 1.29 is 4.74 Å². The fourth-order valence-corrected chi connectivity index (χ4v) is 3.68. The summed E-state index contributed by atoms with van der Waals surface area (Å²) in [4.78, 5) is 1.28. The molecule has 2 nitrogen and oxygen atoms in total. The first-order chi connectivity index (χ1) is 8.67. The highest BCUT2D eigenvalue weighted by Crippen LogP contribution is 2.36. The summed E-state index contributed by atoms with van der Waals surface area (Å²) >= 11 is 5.34. The van der Waals surface area contributed by atoms with Crippen LogP contribution < -0.4 is 10.1 Å². The SMILES string of the molecule is CNC(c1cc(C)c(Br)s1)c1ccccc1OC. The minimum absolute atomic E-state index is 0.163. The van der Waals surface area contributed by atoms with Crippen molar-refractivity contribution in [2.75, 3.05) is 14.2 Å². The fourth-order valence-electron chi connectivity index (χ4n) is 1.98. The molecule has 96 valence electrons. The van der Waals surface area contributed by atoms with Gasteiger partial charge in [-0.15, -0.1) is 11.3 Å². The van der Waals surface area contributed by atoms with E-state index in [1.165, 1.54) is 14.2 Å². The molecule has 0 bridgehead atoms. The molecule has 0 saturated heterocycles. The van der Waals surface area contributed by atoms with Gasteiger partial charge >= 0.3 is 0 Å². The van der Waals surface area contributed by atoms with Gasteiger partial charge < -0.3 is 10.1 Å². The highest BCUT2D eigenvalue weighted by atomic mass is 79.9. The highest BCUT2D eigenvalue weighted by Gasteiger charge is 2.18. The van der Waals surface area contributed by atoms with Crippen LogP contribution in [0.25, 0.3) is 0 Å². The number of rotatable bonds is 4. The summed E-state index contributed by atoms with van der Waals surface area (Å²) in [6.07, 6.45) is 0. The van der Waals surface area contributed by atoms with E-state index in [1.54, 1.807) is 18.4 Å². The van der Waals surface area contributed by atoms with Crippen molar-refractivity contribution in [1.29, 1.82) is 0 Å². The summed E-state index contributed by atoms with van der Waals surface area (Å²) in [7, 11) is 3.68. The van der Waals surface area contributed by atoms with E-state index in [0.29, 0.717) is 0 Å². The van der Waals surface area contributed by atoms with E-state index in [1.807, 2.05) is 25.2 Å². The predicted octanol–water partition coefficient (Wildman–Crippen LogP) is 4.14. The number of halogens is 1. The average Bonchev–Trinajstić information content (AvgIpc) is 2.71. The second-order valence-corrected chi connectivity index (χ2v) is 6.47. The maximum atomic E-state index is 5.44. The number of methoxy groups -OCH3 is 1. The Morgan fingerprint density at radius 2 is 2.06 bits per heavy atom. The van der Waals surface area contributed by atoms with Crippen LogP contribution in [0.2, 0.25) is 0 Å². The first-order valence-electron chi connectivity index (χ1n) is 5.73. The lowest BCUT2D eigenvalue weighted by Gasteiger charge is -2.18. The first kappa shape index (κ1) is 13.6. The number of hydrogen-bond donors (Lipinski definition) is 1. The van der Waals surface area contributed by atoms with Crippen molar-refractivity contribution in [1.82, 2.24) is 5.32 Å². The molecule has 0 fully saturated rings. The lowest BCUT2D eigenvalue weighted by atomic mass is 10.0. The lowest BCUT2D eigenvalue weighted by Crippen LogP contribution is -2.17. The smallest absolute Gasteiger partial charge is 0.124 e. The molecule has 1 atom stereocenters. The number of para-hydroxylation sites is 1. The van der Waals surface area contributed by atoms with Gasteiger partial charge in [0.25, 0.3) is 0 Å². The summed E-state index contributed by atoms with van der Waals surface area (Å²) < 4.78 is 6.63. The van der Waals surface area contributed by atoms with Crippen LogP contribution in [0, 0.1) is 6.92 Å². The maximum absolute atomic E-state index is 5.44. The fraction of sp³-hybridized carbons (Fsp3) is 0.286. The number of hydrogen-bond acceptors (Lipinski definition) is 3. The van der Waals surface area contributed by atoms with Crippen LogP contribution in [0.4, 0.5) is 0 Å². The Bertz CT molecular complexity index is 519. The van der Waals surface area contributed by atoms with Crippen molar-refractivity contribution >= 4 is 27.3 Å². The third kappa shape index (κ3) is 2.60. The normalized spacial score (nSPS) is 12.4. The molecule has 0 spiro atoms. The molecule has 0 radical (unpaired) electrons. The van der Waals surface area contributed by atoms with Crippen LogP contribution in [0.1, 0.15) is 22.0 Å². The topological polar surface area (TPSA) is 21.3 Å². The minimum atomic E-state index is 0.163. The van der Waals surface area contributed by atoms with Gasteiger partial charge in [-0.3, -0.25) is 0 Å². The van der Waals surface area contributed by atoms with Gasteiger partial charge in [0.1, 0.15) is 5.75 Å². The molecule has 2 rings (SSSR count).